The molecule has 0 fully saturated rings. The first-order valence-electron chi connectivity index (χ1n) is 12.3. The number of hydrogen-bond acceptors (Lipinski definition) is 6. The van der Waals surface area contributed by atoms with Gasteiger partial charge in [-0.05, 0) is 56.5 Å². The minimum absolute atomic E-state index is 0.00747. The minimum atomic E-state index is -4.07. The molecule has 1 heterocycles. The van der Waals surface area contributed by atoms with E-state index in [-0.39, 0.29) is 18.0 Å². The molecule has 1 aliphatic heterocycles. The largest absolute Gasteiger partial charge is 0.475 e. The number of para-hydroxylation sites is 2. The highest BCUT2D eigenvalue weighted by Gasteiger charge is 2.37. The number of carbonyl (C=O) groups is 2. The Morgan fingerprint density at radius 1 is 0.974 bits per heavy atom. The van der Waals surface area contributed by atoms with Gasteiger partial charge in [0.2, 0.25) is 22.0 Å². The molecular weight excluding hydrogens is 504 g/mol. The number of fused-ring (bicyclic) bond motifs is 1. The summed E-state index contributed by atoms with van der Waals surface area (Å²) in [6.45, 7) is 6.88. The molecule has 0 aliphatic carbocycles. The van der Waals surface area contributed by atoms with Gasteiger partial charge in [0.25, 0.3) is 0 Å². The highest BCUT2D eigenvalue weighted by molar-refractivity contribution is 7.89. The number of aryl methyl sites for hydroxylation is 4. The number of hydrogen-bond donors (Lipinski definition) is 0. The number of methoxy groups -OCH3 is 1. The van der Waals surface area contributed by atoms with Crippen LogP contribution in [0.2, 0.25) is 0 Å². The lowest BCUT2D eigenvalue weighted by atomic mass is 10.1. The lowest BCUT2D eigenvalue weighted by Crippen LogP contribution is -2.50. The smallest absolute Gasteiger partial charge is 0.348 e. The van der Waals surface area contributed by atoms with Crippen molar-refractivity contribution in [2.24, 2.45) is 0 Å². The number of esters is 1. The first-order chi connectivity index (χ1) is 18.0. The number of rotatable bonds is 7. The van der Waals surface area contributed by atoms with Crippen molar-refractivity contribution >= 4 is 27.6 Å². The molecule has 0 radical (unpaired) electrons. The van der Waals surface area contributed by atoms with E-state index in [4.69, 9.17) is 9.47 Å². The van der Waals surface area contributed by atoms with E-state index in [0.29, 0.717) is 22.6 Å². The van der Waals surface area contributed by atoms with E-state index in [0.717, 1.165) is 16.7 Å². The van der Waals surface area contributed by atoms with Crippen LogP contribution in [0.3, 0.4) is 0 Å². The Bertz CT molecular complexity index is 1440. The van der Waals surface area contributed by atoms with Crippen LogP contribution in [-0.4, -0.2) is 50.9 Å². The van der Waals surface area contributed by atoms with Crippen LogP contribution in [-0.2, 0) is 30.9 Å². The van der Waals surface area contributed by atoms with Crippen molar-refractivity contribution < 1.29 is 27.5 Å². The predicted molar refractivity (Wildman–Crippen MR) is 145 cm³/mol. The summed E-state index contributed by atoms with van der Waals surface area (Å²) >= 11 is 0. The van der Waals surface area contributed by atoms with Crippen molar-refractivity contribution in [3.63, 3.8) is 0 Å². The predicted octanol–water partition coefficient (Wildman–Crippen LogP) is 4.08. The van der Waals surface area contributed by atoms with E-state index < -0.39 is 34.5 Å². The summed E-state index contributed by atoms with van der Waals surface area (Å²) in [5.41, 5.74) is 4.46. The van der Waals surface area contributed by atoms with Crippen molar-refractivity contribution in [1.82, 2.24) is 4.31 Å². The molecule has 0 saturated heterocycles. The second kappa shape index (κ2) is 11.0. The Labute approximate surface area is 223 Å². The highest BCUT2D eigenvalue weighted by atomic mass is 32.2. The zero-order valence-corrected chi connectivity index (χ0v) is 23.0. The fourth-order valence-corrected chi connectivity index (χ4v) is 6.58. The van der Waals surface area contributed by atoms with Gasteiger partial charge in [-0.2, -0.15) is 4.31 Å². The van der Waals surface area contributed by atoms with E-state index in [1.807, 2.05) is 50.2 Å². The third kappa shape index (κ3) is 5.58. The van der Waals surface area contributed by atoms with Crippen LogP contribution in [0.4, 0.5) is 5.69 Å². The van der Waals surface area contributed by atoms with Gasteiger partial charge in [-0.3, -0.25) is 4.79 Å². The van der Waals surface area contributed by atoms with Crippen molar-refractivity contribution in [3.8, 4) is 5.75 Å². The zero-order valence-electron chi connectivity index (χ0n) is 22.2. The quantitative estimate of drug-likeness (QED) is 0.423. The molecule has 0 N–H and O–H groups in total. The van der Waals surface area contributed by atoms with Crippen molar-refractivity contribution in [2.45, 2.75) is 45.2 Å². The Morgan fingerprint density at radius 3 is 2.24 bits per heavy atom. The van der Waals surface area contributed by atoms with Crippen molar-refractivity contribution in [2.75, 3.05) is 25.1 Å². The Balaban J connectivity index is 1.74. The number of carbonyl (C=O) groups excluding carboxylic acids is 2. The molecule has 9 heteroatoms. The summed E-state index contributed by atoms with van der Waals surface area (Å²) < 4.78 is 40.0. The summed E-state index contributed by atoms with van der Waals surface area (Å²) in [7, 11) is -2.82. The number of benzene rings is 3. The summed E-state index contributed by atoms with van der Waals surface area (Å²) in [6.07, 6.45) is -1.03. The van der Waals surface area contributed by atoms with Crippen LogP contribution >= 0.6 is 0 Å². The van der Waals surface area contributed by atoms with Gasteiger partial charge < -0.3 is 14.4 Å². The van der Waals surface area contributed by atoms with Crippen molar-refractivity contribution in [1.29, 1.82) is 0 Å². The van der Waals surface area contributed by atoms with Crippen LogP contribution in [0.25, 0.3) is 0 Å². The summed E-state index contributed by atoms with van der Waals surface area (Å²) in [5.74, 6) is -0.749. The van der Waals surface area contributed by atoms with Gasteiger partial charge in [0.05, 0.1) is 30.8 Å². The molecule has 8 nitrogen and oxygen atoms in total. The maximum Gasteiger partial charge on any atom is 0.348 e. The number of nitrogens with zero attached hydrogens (tertiary/aromatic N) is 2. The maximum absolute atomic E-state index is 14.1. The molecule has 1 amide bonds. The van der Waals surface area contributed by atoms with Gasteiger partial charge in [-0.25, -0.2) is 13.2 Å². The molecule has 200 valence electrons. The number of amides is 1. The molecule has 0 spiro atoms. The highest BCUT2D eigenvalue weighted by Crippen LogP contribution is 2.34. The third-order valence-corrected chi connectivity index (χ3v) is 8.63. The number of ether oxygens (including phenoxy) is 2. The lowest BCUT2D eigenvalue weighted by molar-refractivity contribution is -0.148. The van der Waals surface area contributed by atoms with Crippen LogP contribution in [0.15, 0.2) is 65.6 Å². The normalized spacial score (nSPS) is 15.1. The van der Waals surface area contributed by atoms with E-state index in [2.05, 4.69) is 0 Å². The van der Waals surface area contributed by atoms with Crippen LogP contribution < -0.4 is 9.64 Å². The summed E-state index contributed by atoms with van der Waals surface area (Å²) in [6, 6.07) is 18.0. The second-order valence-electron chi connectivity index (χ2n) is 9.59. The van der Waals surface area contributed by atoms with Crippen LogP contribution in [0, 0.1) is 27.7 Å². The molecule has 3 aromatic rings. The van der Waals surface area contributed by atoms with Gasteiger partial charge >= 0.3 is 5.97 Å². The molecule has 0 bridgehead atoms. The van der Waals surface area contributed by atoms with Gasteiger partial charge in [-0.1, -0.05) is 59.7 Å². The summed E-state index contributed by atoms with van der Waals surface area (Å²) in [5, 5.41) is 0. The maximum atomic E-state index is 14.1. The summed E-state index contributed by atoms with van der Waals surface area (Å²) in [4.78, 5) is 27.7. The Hall–Kier alpha value is -3.69. The van der Waals surface area contributed by atoms with E-state index >= 15 is 0 Å². The van der Waals surface area contributed by atoms with Gasteiger partial charge in [0.15, 0.2) is 0 Å². The molecule has 4 rings (SSSR count). The van der Waals surface area contributed by atoms with E-state index in [9.17, 15) is 18.0 Å². The minimum Gasteiger partial charge on any atom is -0.475 e. The molecule has 0 unspecified atom stereocenters. The fourth-order valence-electron chi connectivity index (χ4n) is 4.79. The first kappa shape index (κ1) is 27.3. The standard InChI is InChI=1S/C29H32N2O6S/c1-19-10-12-23(13-11-19)16-30(38(34,35)28-21(3)14-20(2)15-22(28)4)18-27(32)31-17-26(29(33)36-5)37-25-9-7-6-8-24(25)31/h6-15,26H,16-18H2,1-5H3/t26-/m1/s1. The third-order valence-electron chi connectivity index (χ3n) is 6.53. The van der Waals surface area contributed by atoms with Crippen LogP contribution in [0.5, 0.6) is 5.75 Å². The topological polar surface area (TPSA) is 93.2 Å². The average molecular weight is 537 g/mol. The monoisotopic (exact) mass is 536 g/mol. The van der Waals surface area contributed by atoms with Gasteiger partial charge in [0, 0.05) is 6.54 Å². The fraction of sp³-hybridized carbons (Fsp3) is 0.310. The Morgan fingerprint density at radius 2 is 1.61 bits per heavy atom. The lowest BCUT2D eigenvalue weighted by Gasteiger charge is -2.35. The molecule has 3 aromatic carbocycles. The van der Waals surface area contributed by atoms with E-state index in [1.54, 1.807) is 38.1 Å². The number of anilines is 1. The van der Waals surface area contributed by atoms with Gasteiger partial charge in [-0.15, -0.1) is 0 Å². The van der Waals surface area contributed by atoms with Crippen molar-refractivity contribution in [3.05, 3.63) is 88.5 Å². The molecular formula is C29H32N2O6S. The number of sulfonamides is 1. The second-order valence-corrected chi connectivity index (χ2v) is 11.5. The average Bonchev–Trinajstić information content (AvgIpc) is 2.87. The molecule has 1 aliphatic rings. The van der Waals surface area contributed by atoms with Crippen LogP contribution in [0.1, 0.15) is 27.8 Å². The Kier molecular flexibility index (Phi) is 7.89. The SMILES string of the molecule is COC(=O)[C@H]1CN(C(=O)CN(Cc2ccc(C)cc2)S(=O)(=O)c2c(C)cc(C)cc2C)c2ccccc2O1. The van der Waals surface area contributed by atoms with Gasteiger partial charge in [0.1, 0.15) is 5.75 Å². The molecule has 0 saturated carbocycles. The molecule has 0 aromatic heterocycles. The first-order valence-corrected chi connectivity index (χ1v) is 13.7. The zero-order chi connectivity index (χ0) is 27.6. The van der Waals surface area contributed by atoms with E-state index in [1.165, 1.54) is 16.3 Å². The molecule has 1 atom stereocenters. The molecule has 38 heavy (non-hydrogen) atoms.